The van der Waals surface area contributed by atoms with E-state index < -0.39 is 22.0 Å². The van der Waals surface area contributed by atoms with E-state index in [-0.39, 0.29) is 43.5 Å². The van der Waals surface area contributed by atoms with Gasteiger partial charge in [0.1, 0.15) is 11.6 Å². The first-order valence-corrected chi connectivity index (χ1v) is 13.8. The van der Waals surface area contributed by atoms with Crippen LogP contribution in [-0.4, -0.2) is 73.5 Å². The Bertz CT molecular complexity index is 1110. The van der Waals surface area contributed by atoms with Crippen molar-refractivity contribution < 1.29 is 28.2 Å². The van der Waals surface area contributed by atoms with Gasteiger partial charge in [0.15, 0.2) is 11.5 Å². The first-order valence-electron chi connectivity index (χ1n) is 12.2. The number of phenolic OH excluding ortho intramolecular Hbond substituents is 1. The molecule has 0 fully saturated rings. The number of hydrogen-bond donors (Lipinski definition) is 2. The van der Waals surface area contributed by atoms with Crippen LogP contribution >= 0.6 is 0 Å². The summed E-state index contributed by atoms with van der Waals surface area (Å²) in [5.74, 6) is 0.252. The normalized spacial score (nSPS) is 12.4. The second-order valence-corrected chi connectivity index (χ2v) is 11.1. The Morgan fingerprint density at radius 3 is 2.39 bits per heavy atom. The molecule has 0 saturated heterocycles. The van der Waals surface area contributed by atoms with Crippen molar-refractivity contribution in [2.24, 2.45) is 5.92 Å². The first kappa shape index (κ1) is 29.3. The molecule has 0 aromatic heterocycles. The number of carboxylic acid groups (broad SMARTS) is 1. The summed E-state index contributed by atoms with van der Waals surface area (Å²) in [6.07, 6.45) is 0.323. The van der Waals surface area contributed by atoms with Crippen LogP contribution in [-0.2, 0) is 16.4 Å². The lowest BCUT2D eigenvalue weighted by Gasteiger charge is -2.27. The summed E-state index contributed by atoms with van der Waals surface area (Å²) >= 11 is 0. The SMILES string of the molecule is CCCN(CCc1cccc(Oc2cccc(N(C)C)c2)c1O)S(=O)(=O)CN(CC(C)CC)C(=O)O. The lowest BCUT2D eigenvalue weighted by atomic mass is 10.1. The number of rotatable bonds is 14. The Morgan fingerprint density at radius 2 is 1.78 bits per heavy atom. The minimum absolute atomic E-state index is 0.0500. The summed E-state index contributed by atoms with van der Waals surface area (Å²) in [4.78, 5) is 14.6. The molecule has 0 saturated carbocycles. The van der Waals surface area contributed by atoms with Crippen LogP contribution in [0.5, 0.6) is 17.2 Å². The lowest BCUT2D eigenvalue weighted by molar-refractivity contribution is 0.145. The molecule has 0 spiro atoms. The van der Waals surface area contributed by atoms with E-state index in [0.29, 0.717) is 17.7 Å². The average Bonchev–Trinajstić information content (AvgIpc) is 2.83. The molecule has 0 aliphatic carbocycles. The third-order valence-electron chi connectivity index (χ3n) is 5.96. The molecule has 2 N–H and O–H groups in total. The predicted molar refractivity (Wildman–Crippen MR) is 142 cm³/mol. The Labute approximate surface area is 215 Å². The molecule has 36 heavy (non-hydrogen) atoms. The maximum Gasteiger partial charge on any atom is 0.408 e. The van der Waals surface area contributed by atoms with Gasteiger partial charge in [0.25, 0.3) is 0 Å². The van der Waals surface area contributed by atoms with Crippen molar-refractivity contribution in [3.8, 4) is 17.2 Å². The highest BCUT2D eigenvalue weighted by Gasteiger charge is 2.28. The Morgan fingerprint density at radius 1 is 1.08 bits per heavy atom. The molecule has 0 radical (unpaired) electrons. The lowest BCUT2D eigenvalue weighted by Crippen LogP contribution is -2.44. The van der Waals surface area contributed by atoms with Crippen molar-refractivity contribution in [2.45, 2.75) is 40.0 Å². The summed E-state index contributed by atoms with van der Waals surface area (Å²) in [7, 11) is -0.0283. The van der Waals surface area contributed by atoms with Crippen molar-refractivity contribution >= 4 is 21.8 Å². The molecule has 0 aliphatic rings. The first-order chi connectivity index (χ1) is 17.0. The summed E-state index contributed by atoms with van der Waals surface area (Å²) in [5, 5.41) is 20.4. The van der Waals surface area contributed by atoms with Crippen LogP contribution in [0, 0.1) is 5.92 Å². The Hall–Kier alpha value is -2.98. The van der Waals surface area contributed by atoms with Gasteiger partial charge >= 0.3 is 6.09 Å². The fraction of sp³-hybridized carbons (Fsp3) is 0.500. The van der Waals surface area contributed by atoms with Gasteiger partial charge in [0.05, 0.1) is 0 Å². The molecule has 1 amide bonds. The number of hydrogen-bond acceptors (Lipinski definition) is 6. The maximum atomic E-state index is 13.1. The van der Waals surface area contributed by atoms with Crippen molar-refractivity contribution in [3.05, 3.63) is 48.0 Å². The molecule has 200 valence electrons. The minimum Gasteiger partial charge on any atom is -0.504 e. The van der Waals surface area contributed by atoms with E-state index in [0.717, 1.165) is 17.0 Å². The third kappa shape index (κ3) is 8.30. The number of amides is 1. The number of benzene rings is 2. The number of sulfonamides is 1. The van der Waals surface area contributed by atoms with Crippen molar-refractivity contribution in [1.29, 1.82) is 0 Å². The topological polar surface area (TPSA) is 111 Å². The van der Waals surface area contributed by atoms with Crippen molar-refractivity contribution in [2.75, 3.05) is 44.5 Å². The number of para-hydroxylation sites is 1. The van der Waals surface area contributed by atoms with Gasteiger partial charge in [-0.2, -0.15) is 0 Å². The maximum absolute atomic E-state index is 13.1. The van der Waals surface area contributed by atoms with Crippen LogP contribution in [0.15, 0.2) is 42.5 Å². The largest absolute Gasteiger partial charge is 0.504 e. The van der Waals surface area contributed by atoms with Crippen LogP contribution in [0.4, 0.5) is 10.5 Å². The van der Waals surface area contributed by atoms with Crippen molar-refractivity contribution in [3.63, 3.8) is 0 Å². The molecule has 1 atom stereocenters. The van der Waals surface area contributed by atoms with Gasteiger partial charge in [-0.1, -0.05) is 45.4 Å². The highest BCUT2D eigenvalue weighted by molar-refractivity contribution is 7.89. The number of carbonyl (C=O) groups is 1. The number of ether oxygens (including phenoxy) is 1. The number of anilines is 1. The van der Waals surface area contributed by atoms with Gasteiger partial charge in [-0.05, 0) is 42.5 Å². The third-order valence-corrected chi connectivity index (χ3v) is 7.75. The standard InChI is InChI=1S/C26H39N3O6S/c1-6-15-29(36(33,34)19-28(26(31)32)18-20(3)7-2)16-14-21-10-8-13-24(25(21)30)35-23-12-9-11-22(17-23)27(4)5/h8-13,17,20,30H,6-7,14-16,18-19H2,1-5H3,(H,31,32). The van der Waals surface area contributed by atoms with E-state index in [1.165, 1.54) is 4.31 Å². The molecule has 2 rings (SSSR count). The number of aromatic hydroxyl groups is 1. The summed E-state index contributed by atoms with van der Waals surface area (Å²) < 4.78 is 33.5. The van der Waals surface area contributed by atoms with E-state index in [2.05, 4.69) is 0 Å². The Kier molecular flexibility index (Phi) is 10.9. The Balaban J connectivity index is 2.17. The molecule has 1 unspecified atom stereocenters. The number of phenols is 1. The van der Waals surface area contributed by atoms with Crippen molar-refractivity contribution in [1.82, 2.24) is 9.21 Å². The van der Waals surface area contributed by atoms with Gasteiger partial charge < -0.3 is 19.8 Å². The summed E-state index contributed by atoms with van der Waals surface area (Å²) in [6, 6.07) is 12.6. The minimum atomic E-state index is -3.88. The van der Waals surface area contributed by atoms with Gasteiger partial charge in [-0.25, -0.2) is 17.5 Å². The molecular weight excluding hydrogens is 482 g/mol. The highest BCUT2D eigenvalue weighted by atomic mass is 32.2. The fourth-order valence-corrected chi connectivity index (χ4v) is 5.26. The number of nitrogens with zero attached hydrogens (tertiary/aromatic N) is 3. The van der Waals surface area contributed by atoms with Gasteiger partial charge in [-0.3, -0.25) is 4.90 Å². The zero-order valence-corrected chi connectivity index (χ0v) is 22.7. The zero-order chi connectivity index (χ0) is 26.9. The van der Waals surface area contributed by atoms with Gasteiger partial charge in [0.2, 0.25) is 10.0 Å². The fourth-order valence-electron chi connectivity index (χ4n) is 3.66. The molecule has 0 bridgehead atoms. The van der Waals surface area contributed by atoms with E-state index in [1.54, 1.807) is 24.3 Å². The van der Waals surface area contributed by atoms with Crippen LogP contribution in [0.25, 0.3) is 0 Å². The monoisotopic (exact) mass is 521 g/mol. The van der Waals surface area contributed by atoms with Crippen LogP contribution < -0.4 is 9.64 Å². The second-order valence-electron chi connectivity index (χ2n) is 9.17. The van der Waals surface area contributed by atoms with Crippen LogP contribution in [0.3, 0.4) is 0 Å². The van der Waals surface area contributed by atoms with E-state index in [4.69, 9.17) is 4.74 Å². The molecule has 2 aromatic carbocycles. The summed E-state index contributed by atoms with van der Waals surface area (Å²) in [6.45, 7) is 6.21. The van der Waals surface area contributed by atoms with E-state index >= 15 is 0 Å². The zero-order valence-electron chi connectivity index (χ0n) is 21.8. The van der Waals surface area contributed by atoms with E-state index in [1.807, 2.05) is 58.0 Å². The summed E-state index contributed by atoms with van der Waals surface area (Å²) in [5.41, 5.74) is 1.49. The van der Waals surface area contributed by atoms with Crippen LogP contribution in [0.2, 0.25) is 0 Å². The quantitative estimate of drug-likeness (QED) is 0.367. The van der Waals surface area contributed by atoms with E-state index in [9.17, 15) is 23.4 Å². The molecular formula is C26H39N3O6S. The molecule has 9 nitrogen and oxygen atoms in total. The molecule has 0 aliphatic heterocycles. The molecule has 2 aromatic rings. The van der Waals surface area contributed by atoms with Gasteiger partial charge in [-0.15, -0.1) is 0 Å². The molecule has 10 heteroatoms. The van der Waals surface area contributed by atoms with Crippen LogP contribution in [0.1, 0.15) is 39.2 Å². The smallest absolute Gasteiger partial charge is 0.408 e. The highest BCUT2D eigenvalue weighted by Crippen LogP contribution is 2.35. The second kappa shape index (κ2) is 13.4. The predicted octanol–water partition coefficient (Wildman–Crippen LogP) is 4.82. The molecule has 0 heterocycles. The average molecular weight is 522 g/mol. The van der Waals surface area contributed by atoms with Gasteiger partial charge in [0, 0.05) is 45.5 Å².